The van der Waals surface area contributed by atoms with Crippen LogP contribution in [-0.2, 0) is 19.2 Å². The van der Waals surface area contributed by atoms with Crippen molar-refractivity contribution in [3.05, 3.63) is 94.0 Å². The van der Waals surface area contributed by atoms with Crippen molar-refractivity contribution in [2.45, 2.75) is 28.5 Å². The van der Waals surface area contributed by atoms with Crippen LogP contribution >= 0.6 is 50.7 Å². The zero-order chi connectivity index (χ0) is 35.7. The molecule has 13 heteroatoms. The van der Waals surface area contributed by atoms with E-state index in [-0.39, 0.29) is 40.5 Å². The highest BCUT2D eigenvalue weighted by molar-refractivity contribution is 9.09. The van der Waals surface area contributed by atoms with Gasteiger partial charge in [-0.25, -0.2) is 0 Å². The molecule has 0 spiro atoms. The second-order valence-corrected chi connectivity index (χ2v) is 14.9. The van der Waals surface area contributed by atoms with E-state index in [1.165, 1.54) is 23.1 Å². The van der Waals surface area contributed by atoms with Crippen LogP contribution in [0.4, 0.5) is 5.69 Å². The lowest BCUT2D eigenvalue weighted by atomic mass is 9.56. The van der Waals surface area contributed by atoms with E-state index in [4.69, 9.17) is 44.3 Å². The molecule has 50 heavy (non-hydrogen) atoms. The summed E-state index contributed by atoms with van der Waals surface area (Å²) in [6.07, 6.45) is 5.59. The third-order valence-electron chi connectivity index (χ3n) is 10.4. The zero-order valence-electron chi connectivity index (χ0n) is 26.7. The number of halogens is 4. The average molecular weight is 801 g/mol. The normalized spacial score (nSPS) is 28.9. The number of benzene rings is 3. The fourth-order valence-corrected chi connectivity index (χ4v) is 9.60. The first-order chi connectivity index (χ1) is 23.9. The minimum Gasteiger partial charge on any atom is -0.508 e. The van der Waals surface area contributed by atoms with Gasteiger partial charge in [0.25, 0.3) is 11.8 Å². The number of phenols is 1. The molecule has 0 bridgehead atoms. The largest absolute Gasteiger partial charge is 0.508 e. The number of fused-ring (bicyclic) bond motifs is 4. The van der Waals surface area contributed by atoms with Crippen molar-refractivity contribution in [3.8, 4) is 17.2 Å². The molecule has 3 aromatic carbocycles. The monoisotopic (exact) mass is 798 g/mol. The Labute approximate surface area is 311 Å². The van der Waals surface area contributed by atoms with Crippen LogP contribution in [0.15, 0.2) is 72.3 Å². The molecule has 1 saturated carbocycles. The highest BCUT2D eigenvalue weighted by Crippen LogP contribution is 2.66. The number of hydrogen-bond donors (Lipinski definition) is 1. The second-order valence-electron chi connectivity index (χ2n) is 12.7. The van der Waals surface area contributed by atoms with Crippen molar-refractivity contribution in [1.82, 2.24) is 4.90 Å². The number of nitrogens with zero attached hydrogens (tertiary/aromatic N) is 2. The smallest absolute Gasteiger partial charge is 0.254 e. The molecular weight excluding hydrogens is 771 g/mol. The van der Waals surface area contributed by atoms with Crippen LogP contribution in [0.3, 0.4) is 0 Å². The number of rotatable bonds is 7. The van der Waals surface area contributed by atoms with Gasteiger partial charge < -0.3 is 14.6 Å². The van der Waals surface area contributed by atoms with E-state index in [1.54, 1.807) is 44.6 Å². The van der Waals surface area contributed by atoms with Crippen molar-refractivity contribution in [1.29, 1.82) is 0 Å². The summed E-state index contributed by atoms with van der Waals surface area (Å²) in [5.41, 5.74) is 2.64. The lowest BCUT2D eigenvalue weighted by Gasteiger charge is -2.50. The van der Waals surface area contributed by atoms with E-state index in [1.807, 2.05) is 30.4 Å². The molecule has 2 heterocycles. The molecule has 7 rings (SSSR count). The molecule has 6 atom stereocenters. The number of methoxy groups -OCH3 is 2. The maximum absolute atomic E-state index is 14.4. The third kappa shape index (κ3) is 5.01. The molecule has 3 fully saturated rings. The second kappa shape index (κ2) is 12.7. The number of alkyl halides is 3. The van der Waals surface area contributed by atoms with E-state index in [9.17, 15) is 24.3 Å². The van der Waals surface area contributed by atoms with Gasteiger partial charge in [-0.1, -0.05) is 63.5 Å². The molecule has 6 unspecified atom stereocenters. The Bertz CT molecular complexity index is 2020. The third-order valence-corrected chi connectivity index (χ3v) is 12.5. The Kier molecular flexibility index (Phi) is 8.82. The van der Waals surface area contributed by atoms with E-state index in [0.717, 1.165) is 16.0 Å². The van der Waals surface area contributed by atoms with Gasteiger partial charge >= 0.3 is 0 Å². The first-order valence-electron chi connectivity index (χ1n) is 15.8. The Morgan fingerprint density at radius 1 is 0.920 bits per heavy atom. The summed E-state index contributed by atoms with van der Waals surface area (Å²) in [6, 6.07) is 16.8. The summed E-state index contributed by atoms with van der Waals surface area (Å²) in [4.78, 5) is 54.2. The predicted molar refractivity (Wildman–Crippen MR) is 194 cm³/mol. The number of hydrogen-bond acceptors (Lipinski definition) is 7. The number of amides is 4. The number of ether oxygens (including phenoxy) is 2. The highest BCUT2D eigenvalue weighted by Gasteiger charge is 2.76. The molecule has 4 amide bonds. The summed E-state index contributed by atoms with van der Waals surface area (Å²) in [7, 11) is 3.18. The quantitative estimate of drug-likeness (QED) is 0.0889. The number of likely N-dealkylation sites (tertiary alicyclic amines) is 1. The van der Waals surface area contributed by atoms with E-state index in [2.05, 4.69) is 15.9 Å². The number of carbonyl (C=O) groups is 4. The van der Waals surface area contributed by atoms with Crippen LogP contribution in [0.2, 0.25) is 5.02 Å². The summed E-state index contributed by atoms with van der Waals surface area (Å²) < 4.78 is 10.8. The van der Waals surface area contributed by atoms with Gasteiger partial charge in [0.05, 0.1) is 37.2 Å². The number of imide groups is 2. The predicted octanol–water partition coefficient (Wildman–Crippen LogP) is 7.15. The number of carbonyl (C=O) groups excluding carboxylic acids is 4. The minimum atomic E-state index is -2.04. The molecule has 2 saturated heterocycles. The standard InChI is InChI=1S/C37H30BrCl3N2O7/c1-49-23-10-14-29(50-2)20(15-23)6-3-19-4-8-22(9-5-19)43-32(45)25-12-11-24-27(30(25)33(43)46)17-36(40)34(47)42(18-38)35(48)37(36,41)31(24)26-16-21(39)7-13-28(26)44/h3-11,13-16,25,27,30-31,44H,12,17-18H2,1-2H3. The highest BCUT2D eigenvalue weighted by atomic mass is 79.9. The van der Waals surface area contributed by atoms with Crippen LogP contribution in [0.1, 0.15) is 35.4 Å². The van der Waals surface area contributed by atoms with Gasteiger partial charge in [0.2, 0.25) is 11.8 Å². The van der Waals surface area contributed by atoms with Crippen LogP contribution in [0, 0.1) is 17.8 Å². The van der Waals surface area contributed by atoms with Crippen molar-refractivity contribution < 1.29 is 33.8 Å². The first-order valence-corrected chi connectivity index (χ1v) is 18.0. The number of aromatic hydroxyl groups is 1. The van der Waals surface area contributed by atoms with Crippen LogP contribution in [0.25, 0.3) is 12.2 Å². The number of allylic oxidation sites excluding steroid dienone is 2. The van der Waals surface area contributed by atoms with Gasteiger partial charge in [-0.2, -0.15) is 0 Å². The van der Waals surface area contributed by atoms with Crippen molar-refractivity contribution in [2.75, 3.05) is 24.6 Å². The molecule has 3 aromatic rings. The molecule has 0 radical (unpaired) electrons. The Hall–Kier alpha value is -3.83. The van der Waals surface area contributed by atoms with Crippen LogP contribution in [-0.4, -0.2) is 63.1 Å². The van der Waals surface area contributed by atoms with Gasteiger partial charge in [0.15, 0.2) is 9.75 Å². The number of phenolic OH excluding ortho intramolecular Hbond substituents is 1. The Balaban J connectivity index is 1.24. The molecule has 0 aromatic heterocycles. The van der Waals surface area contributed by atoms with Gasteiger partial charge in [-0.05, 0) is 72.9 Å². The lowest BCUT2D eigenvalue weighted by molar-refractivity contribution is -0.138. The molecule has 4 aliphatic rings. The van der Waals surface area contributed by atoms with Crippen molar-refractivity contribution in [2.24, 2.45) is 17.8 Å². The average Bonchev–Trinajstić information content (AvgIpc) is 3.45. The summed E-state index contributed by atoms with van der Waals surface area (Å²) >= 11 is 24.1. The molecule has 2 aliphatic carbocycles. The molecule has 258 valence electrons. The fourth-order valence-electron chi connectivity index (χ4n) is 8.00. The molecule has 1 N–H and O–H groups in total. The van der Waals surface area contributed by atoms with E-state index >= 15 is 0 Å². The summed E-state index contributed by atoms with van der Waals surface area (Å²) in [5.74, 6) is -4.57. The van der Waals surface area contributed by atoms with Crippen LogP contribution < -0.4 is 14.4 Å². The molecular formula is C37H30BrCl3N2O7. The minimum absolute atomic E-state index is 0.152. The van der Waals surface area contributed by atoms with Gasteiger partial charge in [-0.3, -0.25) is 29.0 Å². The topological polar surface area (TPSA) is 113 Å². The zero-order valence-corrected chi connectivity index (χ0v) is 30.6. The lowest BCUT2D eigenvalue weighted by Crippen LogP contribution is -2.60. The van der Waals surface area contributed by atoms with Crippen molar-refractivity contribution >= 4 is 92.2 Å². The summed E-state index contributed by atoms with van der Waals surface area (Å²) in [6.45, 7) is 0. The maximum atomic E-state index is 14.4. The Morgan fingerprint density at radius 3 is 2.34 bits per heavy atom. The van der Waals surface area contributed by atoms with Crippen LogP contribution in [0.5, 0.6) is 17.2 Å². The maximum Gasteiger partial charge on any atom is 0.254 e. The fraction of sp³-hybridized carbons (Fsp3) is 0.297. The summed E-state index contributed by atoms with van der Waals surface area (Å²) in [5, 5.41) is 11.3. The Morgan fingerprint density at radius 2 is 1.66 bits per heavy atom. The SMILES string of the molecule is COc1ccc(OC)c(C=Cc2ccc(N3C(=O)C4CC=C5C(CC6(Cl)C(=O)N(CBr)C(=O)C6(Cl)C5c5cc(Cl)ccc5O)C4C3=O)cc2)c1. The van der Waals surface area contributed by atoms with Gasteiger partial charge in [-0.15, -0.1) is 23.2 Å². The van der Waals surface area contributed by atoms with Crippen molar-refractivity contribution in [3.63, 3.8) is 0 Å². The molecule has 9 nitrogen and oxygen atoms in total. The van der Waals surface area contributed by atoms with Gasteiger partial charge in [0.1, 0.15) is 17.2 Å². The molecule has 2 aliphatic heterocycles. The number of anilines is 1. The van der Waals surface area contributed by atoms with E-state index < -0.39 is 51.1 Å². The van der Waals surface area contributed by atoms with E-state index in [0.29, 0.717) is 22.8 Å². The van der Waals surface area contributed by atoms with Gasteiger partial charge in [0, 0.05) is 22.1 Å². The first kappa shape index (κ1) is 34.6.